The topological polar surface area (TPSA) is 72.4 Å². The summed E-state index contributed by atoms with van der Waals surface area (Å²) in [6, 6.07) is 5.21. The number of nitro groups is 1. The lowest BCUT2D eigenvalue weighted by atomic mass is 9.90. The highest BCUT2D eigenvalue weighted by Gasteiger charge is 2.29. The van der Waals surface area contributed by atoms with Crippen LogP contribution in [0.5, 0.6) is 0 Å². The van der Waals surface area contributed by atoms with Gasteiger partial charge in [-0.25, -0.2) is 0 Å². The number of rotatable bonds is 3. The number of anilines is 1. The molecular formula is C13H18BrN3O2. The number of hydrogen-bond donors (Lipinski definition) is 1. The predicted molar refractivity (Wildman–Crippen MR) is 79.4 cm³/mol. The van der Waals surface area contributed by atoms with E-state index in [-0.39, 0.29) is 10.6 Å². The summed E-state index contributed by atoms with van der Waals surface area (Å²) in [5.74, 6) is 0.542. The molecule has 2 rings (SSSR count). The molecule has 0 aromatic heterocycles. The molecule has 1 aromatic rings. The number of nitro benzene ring substituents is 1. The summed E-state index contributed by atoms with van der Waals surface area (Å²) in [6.45, 7) is 3.76. The second-order valence-corrected chi connectivity index (χ2v) is 5.86. The van der Waals surface area contributed by atoms with Gasteiger partial charge in [0, 0.05) is 35.7 Å². The van der Waals surface area contributed by atoms with Crippen LogP contribution in [-0.4, -0.2) is 24.1 Å². The highest BCUT2D eigenvalue weighted by Crippen LogP contribution is 2.35. The molecule has 0 spiro atoms. The molecule has 0 bridgehead atoms. The molecule has 0 saturated carbocycles. The zero-order valence-electron chi connectivity index (χ0n) is 10.9. The van der Waals surface area contributed by atoms with Gasteiger partial charge in [0.25, 0.3) is 5.69 Å². The number of piperidine rings is 1. The van der Waals surface area contributed by atoms with E-state index >= 15 is 0 Å². The number of benzene rings is 1. The molecule has 1 fully saturated rings. The van der Waals surface area contributed by atoms with Crippen molar-refractivity contribution in [3.8, 4) is 0 Å². The molecule has 19 heavy (non-hydrogen) atoms. The molecular weight excluding hydrogens is 310 g/mol. The van der Waals surface area contributed by atoms with Crippen molar-refractivity contribution in [2.75, 3.05) is 18.0 Å². The number of nitrogens with two attached hydrogens (primary N) is 1. The van der Waals surface area contributed by atoms with Crippen molar-refractivity contribution in [1.29, 1.82) is 0 Å². The summed E-state index contributed by atoms with van der Waals surface area (Å²) >= 11 is 3.44. The smallest absolute Gasteiger partial charge is 0.270 e. The van der Waals surface area contributed by atoms with Crippen LogP contribution in [0.2, 0.25) is 0 Å². The van der Waals surface area contributed by atoms with E-state index < -0.39 is 0 Å². The molecule has 104 valence electrons. The molecule has 2 atom stereocenters. The maximum absolute atomic E-state index is 10.8. The fraction of sp³-hybridized carbons (Fsp3) is 0.538. The van der Waals surface area contributed by atoms with Crippen LogP contribution in [0.25, 0.3) is 0 Å². The Morgan fingerprint density at radius 3 is 2.89 bits per heavy atom. The Balaban J connectivity index is 2.32. The van der Waals surface area contributed by atoms with Crippen molar-refractivity contribution >= 4 is 27.3 Å². The summed E-state index contributed by atoms with van der Waals surface area (Å²) < 4.78 is 0.759. The van der Waals surface area contributed by atoms with Crippen LogP contribution in [-0.2, 0) is 0 Å². The Morgan fingerprint density at radius 1 is 1.58 bits per heavy atom. The average Bonchev–Trinajstić information content (AvgIpc) is 2.38. The van der Waals surface area contributed by atoms with E-state index in [9.17, 15) is 10.1 Å². The maximum Gasteiger partial charge on any atom is 0.270 e. The van der Waals surface area contributed by atoms with Gasteiger partial charge in [0.1, 0.15) is 0 Å². The third-order valence-electron chi connectivity index (χ3n) is 3.81. The van der Waals surface area contributed by atoms with E-state index in [1.807, 2.05) is 6.07 Å². The van der Waals surface area contributed by atoms with E-state index in [0.717, 1.165) is 23.1 Å². The van der Waals surface area contributed by atoms with Crippen molar-refractivity contribution in [2.24, 2.45) is 11.7 Å². The van der Waals surface area contributed by atoms with Gasteiger partial charge in [-0.3, -0.25) is 10.1 Å². The summed E-state index contributed by atoms with van der Waals surface area (Å²) in [6.07, 6.45) is 2.31. The molecule has 1 saturated heterocycles. The maximum atomic E-state index is 10.8. The fourth-order valence-corrected chi connectivity index (χ4v) is 3.34. The van der Waals surface area contributed by atoms with Crippen LogP contribution < -0.4 is 10.6 Å². The van der Waals surface area contributed by atoms with Crippen LogP contribution in [0.15, 0.2) is 22.7 Å². The Labute approximate surface area is 121 Å². The summed E-state index contributed by atoms with van der Waals surface area (Å²) in [7, 11) is 0. The highest BCUT2D eigenvalue weighted by molar-refractivity contribution is 9.10. The van der Waals surface area contributed by atoms with E-state index in [4.69, 9.17) is 5.73 Å². The van der Waals surface area contributed by atoms with E-state index in [0.29, 0.717) is 18.5 Å². The molecule has 1 aliphatic heterocycles. The molecule has 1 aromatic carbocycles. The number of non-ortho nitro benzene ring substituents is 1. The van der Waals surface area contributed by atoms with Gasteiger partial charge in [0.05, 0.1) is 10.6 Å². The third-order valence-corrected chi connectivity index (χ3v) is 4.44. The molecule has 2 N–H and O–H groups in total. The molecule has 0 amide bonds. The van der Waals surface area contributed by atoms with Crippen LogP contribution >= 0.6 is 15.9 Å². The van der Waals surface area contributed by atoms with Gasteiger partial charge in [0.2, 0.25) is 0 Å². The molecule has 1 heterocycles. The normalized spacial score (nSPS) is 23.4. The lowest BCUT2D eigenvalue weighted by Gasteiger charge is -2.41. The van der Waals surface area contributed by atoms with Gasteiger partial charge in [-0.05, 0) is 40.8 Å². The second kappa shape index (κ2) is 5.88. The Kier molecular flexibility index (Phi) is 4.42. The van der Waals surface area contributed by atoms with Crippen molar-refractivity contribution < 1.29 is 4.92 Å². The highest BCUT2D eigenvalue weighted by atomic mass is 79.9. The number of hydrogen-bond acceptors (Lipinski definition) is 4. The summed E-state index contributed by atoms with van der Waals surface area (Å²) in [5, 5.41) is 10.8. The Bertz CT molecular complexity index is 481. The number of nitrogens with zero attached hydrogens (tertiary/aromatic N) is 2. The SMILES string of the molecule is CC1CCCN(c2ccc([N+](=O)[O-])cc2Br)C1CN. The average molecular weight is 328 g/mol. The summed E-state index contributed by atoms with van der Waals surface area (Å²) in [4.78, 5) is 12.6. The van der Waals surface area contributed by atoms with Crippen molar-refractivity contribution in [3.05, 3.63) is 32.8 Å². The number of halogens is 1. The minimum Gasteiger partial charge on any atom is -0.366 e. The first-order chi connectivity index (χ1) is 9.04. The van der Waals surface area contributed by atoms with Gasteiger partial charge >= 0.3 is 0 Å². The fourth-order valence-electron chi connectivity index (χ4n) is 2.75. The standard InChI is InChI=1S/C13H18BrN3O2/c1-9-3-2-6-16(13(9)8-15)12-5-4-10(17(18)19)7-11(12)14/h4-5,7,9,13H,2-3,6,8,15H2,1H3. The summed E-state index contributed by atoms with van der Waals surface area (Å²) in [5.41, 5.74) is 6.98. The van der Waals surface area contributed by atoms with E-state index in [1.54, 1.807) is 12.1 Å². The lowest BCUT2D eigenvalue weighted by molar-refractivity contribution is -0.384. The molecule has 1 aliphatic rings. The van der Waals surface area contributed by atoms with Crippen LogP contribution in [0.4, 0.5) is 11.4 Å². The van der Waals surface area contributed by atoms with Gasteiger partial charge in [-0.2, -0.15) is 0 Å². The first-order valence-electron chi connectivity index (χ1n) is 6.45. The zero-order chi connectivity index (χ0) is 14.0. The molecule has 5 nitrogen and oxygen atoms in total. The van der Waals surface area contributed by atoms with Gasteiger partial charge in [-0.1, -0.05) is 6.92 Å². The molecule has 2 unspecified atom stereocenters. The largest absolute Gasteiger partial charge is 0.366 e. The van der Waals surface area contributed by atoms with Crippen molar-refractivity contribution in [1.82, 2.24) is 0 Å². The zero-order valence-corrected chi connectivity index (χ0v) is 12.5. The van der Waals surface area contributed by atoms with Crippen molar-refractivity contribution in [3.63, 3.8) is 0 Å². The lowest BCUT2D eigenvalue weighted by Crippen LogP contribution is -2.48. The Hall–Kier alpha value is -1.14. The van der Waals surface area contributed by atoms with Gasteiger partial charge in [-0.15, -0.1) is 0 Å². The molecule has 6 heteroatoms. The van der Waals surface area contributed by atoms with Crippen LogP contribution in [0.3, 0.4) is 0 Å². The van der Waals surface area contributed by atoms with Crippen LogP contribution in [0, 0.1) is 16.0 Å². The third kappa shape index (κ3) is 2.90. The molecule has 0 radical (unpaired) electrons. The quantitative estimate of drug-likeness (QED) is 0.684. The van der Waals surface area contributed by atoms with Gasteiger partial charge < -0.3 is 10.6 Å². The van der Waals surface area contributed by atoms with Crippen molar-refractivity contribution in [2.45, 2.75) is 25.8 Å². The van der Waals surface area contributed by atoms with E-state index in [1.165, 1.54) is 6.42 Å². The second-order valence-electron chi connectivity index (χ2n) is 5.01. The first-order valence-corrected chi connectivity index (χ1v) is 7.24. The first kappa shape index (κ1) is 14.3. The Morgan fingerprint density at radius 2 is 2.32 bits per heavy atom. The predicted octanol–water partition coefficient (Wildman–Crippen LogP) is 2.92. The molecule has 0 aliphatic carbocycles. The minimum atomic E-state index is -0.381. The monoisotopic (exact) mass is 327 g/mol. The van der Waals surface area contributed by atoms with Crippen LogP contribution in [0.1, 0.15) is 19.8 Å². The van der Waals surface area contributed by atoms with E-state index in [2.05, 4.69) is 27.8 Å². The van der Waals surface area contributed by atoms with Gasteiger partial charge in [0.15, 0.2) is 0 Å². The minimum absolute atomic E-state index is 0.102.